The number of carbonyl (C=O) groups excluding carboxylic acids is 1. The molecule has 2 aromatic heterocycles. The highest BCUT2D eigenvalue weighted by Gasteiger charge is 2.14. The Morgan fingerprint density at radius 3 is 3.11 bits per heavy atom. The molecule has 2 N–H and O–H groups in total. The molecule has 0 radical (unpaired) electrons. The van der Waals surface area contributed by atoms with Gasteiger partial charge < -0.3 is 5.73 Å². The minimum absolute atomic E-state index is 0.0304. The fraction of sp³-hybridized carbons (Fsp3) is 0.455. The van der Waals surface area contributed by atoms with Gasteiger partial charge in [0.2, 0.25) is 0 Å². The van der Waals surface area contributed by atoms with Crippen LogP contribution in [-0.4, -0.2) is 32.1 Å². The van der Waals surface area contributed by atoms with Gasteiger partial charge in [-0.25, -0.2) is 14.6 Å². The lowest BCUT2D eigenvalue weighted by Gasteiger charge is -2.00. The monoisotopic (exact) mass is 265 g/mol. The molecule has 0 fully saturated rings. The molecular formula is C11H15N5OS. The zero-order chi connectivity index (χ0) is 13.0. The van der Waals surface area contributed by atoms with Crippen molar-refractivity contribution in [1.82, 2.24) is 19.7 Å². The molecule has 18 heavy (non-hydrogen) atoms. The van der Waals surface area contributed by atoms with Crippen molar-refractivity contribution in [2.45, 2.75) is 26.3 Å². The predicted molar refractivity (Wildman–Crippen MR) is 68.6 cm³/mol. The summed E-state index contributed by atoms with van der Waals surface area (Å²) in [6, 6.07) is 0. The second kappa shape index (κ2) is 5.83. The summed E-state index contributed by atoms with van der Waals surface area (Å²) >= 11 is 1.47. The smallest absolute Gasteiger partial charge is 0.189 e. The molecule has 0 aliphatic heterocycles. The molecule has 2 aromatic rings. The first-order valence-corrected chi connectivity index (χ1v) is 6.67. The molecule has 0 atom stereocenters. The van der Waals surface area contributed by atoms with Crippen molar-refractivity contribution in [3.63, 3.8) is 0 Å². The second-order valence-corrected chi connectivity index (χ2v) is 4.70. The van der Waals surface area contributed by atoms with Crippen LogP contribution in [0.5, 0.6) is 0 Å². The van der Waals surface area contributed by atoms with Crippen LogP contribution in [0.15, 0.2) is 11.7 Å². The second-order valence-electron chi connectivity index (χ2n) is 3.76. The number of thiazole rings is 1. The Morgan fingerprint density at radius 2 is 2.39 bits per heavy atom. The van der Waals surface area contributed by atoms with Gasteiger partial charge in [-0.2, -0.15) is 5.10 Å². The lowest BCUT2D eigenvalue weighted by atomic mass is 10.2. The number of carbonyl (C=O) groups is 1. The number of hydrogen-bond donors (Lipinski definition) is 1. The van der Waals surface area contributed by atoms with Crippen molar-refractivity contribution >= 4 is 17.1 Å². The van der Waals surface area contributed by atoms with Crippen LogP contribution in [-0.2, 0) is 19.4 Å². The van der Waals surface area contributed by atoms with E-state index in [1.165, 1.54) is 17.7 Å². The van der Waals surface area contributed by atoms with E-state index < -0.39 is 0 Å². The molecule has 0 aromatic carbocycles. The third kappa shape index (κ3) is 2.80. The lowest BCUT2D eigenvalue weighted by Crippen LogP contribution is -2.11. The zero-order valence-corrected chi connectivity index (χ0v) is 11.0. The molecule has 0 unspecified atom stereocenters. The Labute approximate surface area is 109 Å². The molecule has 2 heterocycles. The summed E-state index contributed by atoms with van der Waals surface area (Å²) in [5.74, 6) is 0.646. The van der Waals surface area contributed by atoms with Crippen LogP contribution in [0.25, 0.3) is 0 Å². The van der Waals surface area contributed by atoms with E-state index >= 15 is 0 Å². The highest BCUT2D eigenvalue weighted by Crippen LogP contribution is 2.12. The molecule has 0 amide bonds. The van der Waals surface area contributed by atoms with Gasteiger partial charge in [0.05, 0.1) is 11.4 Å². The van der Waals surface area contributed by atoms with E-state index in [2.05, 4.69) is 15.1 Å². The van der Waals surface area contributed by atoms with Crippen molar-refractivity contribution in [1.29, 1.82) is 0 Å². The Morgan fingerprint density at radius 1 is 1.56 bits per heavy atom. The molecule has 7 heteroatoms. The van der Waals surface area contributed by atoms with Crippen LogP contribution in [0, 0.1) is 0 Å². The highest BCUT2D eigenvalue weighted by molar-refractivity contribution is 7.09. The normalized spacial score (nSPS) is 10.8. The Kier molecular flexibility index (Phi) is 4.16. The standard InChI is InChI=1S/C11H15N5OS/c1-2-16-10(13-7-14-16)5-9(17)8-6-18-11(15-8)3-4-12/h6-7H,2-5,12H2,1H3. The summed E-state index contributed by atoms with van der Waals surface area (Å²) in [5.41, 5.74) is 5.95. The fourth-order valence-corrected chi connectivity index (χ4v) is 2.42. The summed E-state index contributed by atoms with van der Waals surface area (Å²) < 4.78 is 1.71. The van der Waals surface area contributed by atoms with Gasteiger partial charge in [-0.05, 0) is 13.5 Å². The van der Waals surface area contributed by atoms with Crippen LogP contribution >= 0.6 is 11.3 Å². The number of Topliss-reactive ketones (excluding diaryl/α,β-unsaturated/α-hetero) is 1. The summed E-state index contributed by atoms with van der Waals surface area (Å²) in [6.45, 7) is 3.22. The van der Waals surface area contributed by atoms with Gasteiger partial charge in [-0.1, -0.05) is 0 Å². The Balaban J connectivity index is 2.07. The Hall–Kier alpha value is -1.60. The topological polar surface area (TPSA) is 86.7 Å². The van der Waals surface area contributed by atoms with Crippen LogP contribution in [0.3, 0.4) is 0 Å². The first kappa shape index (κ1) is 12.8. The van der Waals surface area contributed by atoms with Crippen LogP contribution in [0.2, 0.25) is 0 Å². The predicted octanol–water partition coefficient (Wildman–Crippen LogP) is 0.681. The van der Waals surface area contributed by atoms with Gasteiger partial charge in [0.1, 0.15) is 17.8 Å². The largest absolute Gasteiger partial charge is 0.330 e. The number of ketones is 1. The number of rotatable bonds is 6. The minimum Gasteiger partial charge on any atom is -0.330 e. The third-order valence-electron chi connectivity index (χ3n) is 2.51. The maximum atomic E-state index is 12.0. The van der Waals surface area contributed by atoms with Gasteiger partial charge >= 0.3 is 0 Å². The van der Waals surface area contributed by atoms with E-state index in [4.69, 9.17) is 5.73 Å². The summed E-state index contributed by atoms with van der Waals surface area (Å²) in [7, 11) is 0. The number of aromatic nitrogens is 4. The minimum atomic E-state index is -0.0304. The Bertz CT molecular complexity index is 533. The lowest BCUT2D eigenvalue weighted by molar-refractivity contribution is 0.0985. The number of aryl methyl sites for hydroxylation is 1. The molecule has 0 aliphatic rings. The SMILES string of the molecule is CCn1ncnc1CC(=O)c1csc(CCN)n1. The number of nitrogens with zero attached hydrogens (tertiary/aromatic N) is 4. The van der Waals surface area contributed by atoms with E-state index in [-0.39, 0.29) is 12.2 Å². The van der Waals surface area contributed by atoms with Gasteiger partial charge in [-0.3, -0.25) is 4.79 Å². The van der Waals surface area contributed by atoms with E-state index in [1.807, 2.05) is 6.92 Å². The molecule has 0 spiro atoms. The van der Waals surface area contributed by atoms with Crippen LogP contribution in [0.1, 0.15) is 28.2 Å². The van der Waals surface area contributed by atoms with Crippen LogP contribution in [0.4, 0.5) is 0 Å². The molecule has 6 nitrogen and oxygen atoms in total. The van der Waals surface area contributed by atoms with Gasteiger partial charge in [-0.15, -0.1) is 11.3 Å². The molecule has 96 valence electrons. The number of hydrogen-bond acceptors (Lipinski definition) is 6. The molecule has 0 saturated carbocycles. The maximum absolute atomic E-state index is 12.0. The van der Waals surface area contributed by atoms with Crippen molar-refractivity contribution in [3.8, 4) is 0 Å². The van der Waals surface area contributed by atoms with Crippen molar-refractivity contribution < 1.29 is 4.79 Å². The van der Waals surface area contributed by atoms with E-state index in [9.17, 15) is 4.79 Å². The van der Waals surface area contributed by atoms with E-state index in [0.717, 1.165) is 5.01 Å². The van der Waals surface area contributed by atoms with Crippen molar-refractivity contribution in [3.05, 3.63) is 28.2 Å². The van der Waals surface area contributed by atoms with Crippen LogP contribution < -0.4 is 5.73 Å². The quantitative estimate of drug-likeness (QED) is 0.776. The van der Waals surface area contributed by atoms with E-state index in [0.29, 0.717) is 31.0 Å². The fourth-order valence-electron chi connectivity index (χ4n) is 1.60. The number of nitrogens with two attached hydrogens (primary N) is 1. The molecule has 2 rings (SSSR count). The first-order chi connectivity index (χ1) is 8.74. The van der Waals surface area contributed by atoms with Crippen molar-refractivity contribution in [2.75, 3.05) is 6.54 Å². The maximum Gasteiger partial charge on any atom is 0.189 e. The molecule has 0 saturated heterocycles. The van der Waals surface area contributed by atoms with E-state index in [1.54, 1.807) is 10.1 Å². The highest BCUT2D eigenvalue weighted by atomic mass is 32.1. The average Bonchev–Trinajstić information content (AvgIpc) is 2.98. The molecular weight excluding hydrogens is 250 g/mol. The van der Waals surface area contributed by atoms with Gasteiger partial charge in [0.25, 0.3) is 0 Å². The molecule has 0 aliphatic carbocycles. The van der Waals surface area contributed by atoms with Crippen molar-refractivity contribution in [2.24, 2.45) is 5.73 Å². The summed E-state index contributed by atoms with van der Waals surface area (Å²) in [5, 5.41) is 6.71. The zero-order valence-electron chi connectivity index (χ0n) is 10.2. The summed E-state index contributed by atoms with van der Waals surface area (Å²) in [4.78, 5) is 20.4. The van der Waals surface area contributed by atoms with Gasteiger partial charge in [0, 0.05) is 18.3 Å². The van der Waals surface area contributed by atoms with Gasteiger partial charge in [0.15, 0.2) is 5.78 Å². The average molecular weight is 265 g/mol. The summed E-state index contributed by atoms with van der Waals surface area (Å²) in [6.07, 6.45) is 2.41. The third-order valence-corrected chi connectivity index (χ3v) is 3.42. The molecule has 0 bridgehead atoms. The first-order valence-electron chi connectivity index (χ1n) is 5.79.